The summed E-state index contributed by atoms with van der Waals surface area (Å²) >= 11 is 0. The Labute approximate surface area is 133 Å². The maximum absolute atomic E-state index is 11.8. The van der Waals surface area contributed by atoms with E-state index in [4.69, 9.17) is 4.74 Å². The minimum Gasteiger partial charge on any atom is -0.375 e. The molecular weight excluding hydrogens is 276 g/mol. The molecule has 1 aromatic rings. The van der Waals surface area contributed by atoms with Gasteiger partial charge in [0.15, 0.2) is 0 Å². The molecule has 0 aromatic heterocycles. The van der Waals surface area contributed by atoms with Crippen molar-refractivity contribution in [1.29, 1.82) is 0 Å². The Bertz CT molecular complexity index is 430. The van der Waals surface area contributed by atoms with Gasteiger partial charge in [0.1, 0.15) is 0 Å². The number of benzene rings is 1. The first-order valence-electron chi connectivity index (χ1n) is 8.39. The molecule has 122 valence electrons. The number of hydrogen-bond acceptors (Lipinski definition) is 2. The lowest BCUT2D eigenvalue weighted by atomic mass is 10.0. The molecule has 1 aliphatic rings. The lowest BCUT2D eigenvalue weighted by molar-refractivity contribution is 0.104. The number of nitrogens with one attached hydrogen (secondary N) is 2. The number of carbonyl (C=O) groups is 1. The van der Waals surface area contributed by atoms with Crippen LogP contribution in [0.1, 0.15) is 50.2 Å². The molecular formula is C18H28N2O2. The van der Waals surface area contributed by atoms with Gasteiger partial charge in [-0.3, -0.25) is 0 Å². The Morgan fingerprint density at radius 1 is 1.23 bits per heavy atom. The summed E-state index contributed by atoms with van der Waals surface area (Å²) in [5, 5.41) is 5.82. The summed E-state index contributed by atoms with van der Waals surface area (Å²) in [6.07, 6.45) is 7.73. The fraction of sp³-hybridized carbons (Fsp3) is 0.611. The molecule has 4 heteroatoms. The van der Waals surface area contributed by atoms with Gasteiger partial charge in [-0.15, -0.1) is 0 Å². The van der Waals surface area contributed by atoms with E-state index in [0.29, 0.717) is 6.54 Å². The number of hydrogen-bond donors (Lipinski definition) is 2. The van der Waals surface area contributed by atoms with E-state index in [1.165, 1.54) is 32.1 Å². The van der Waals surface area contributed by atoms with Crippen molar-refractivity contribution in [2.75, 3.05) is 20.2 Å². The summed E-state index contributed by atoms with van der Waals surface area (Å²) in [6.45, 7) is 1.24. The molecule has 1 saturated carbocycles. The van der Waals surface area contributed by atoms with Crippen molar-refractivity contribution in [3.05, 3.63) is 35.9 Å². The van der Waals surface area contributed by atoms with Crippen LogP contribution < -0.4 is 10.6 Å². The van der Waals surface area contributed by atoms with E-state index in [9.17, 15) is 4.79 Å². The summed E-state index contributed by atoms with van der Waals surface area (Å²) in [6, 6.07) is 9.84. The van der Waals surface area contributed by atoms with Crippen LogP contribution in [0.25, 0.3) is 0 Å². The van der Waals surface area contributed by atoms with Crippen LogP contribution in [-0.4, -0.2) is 26.2 Å². The summed E-state index contributed by atoms with van der Waals surface area (Å²) in [5.41, 5.74) is 1.08. The van der Waals surface area contributed by atoms with Gasteiger partial charge in [-0.05, 0) is 24.3 Å². The highest BCUT2D eigenvalue weighted by atomic mass is 16.5. The molecule has 1 atom stereocenters. The van der Waals surface area contributed by atoms with Crippen LogP contribution in [0.2, 0.25) is 0 Å². The maximum atomic E-state index is 11.8. The molecule has 0 aliphatic heterocycles. The number of urea groups is 1. The maximum Gasteiger partial charge on any atom is 0.314 e. The SMILES string of the molecule is COC(CNC(=O)NCCCC1CCCC1)c1ccccc1. The van der Waals surface area contributed by atoms with Gasteiger partial charge in [0.25, 0.3) is 0 Å². The predicted octanol–water partition coefficient (Wildman–Crippen LogP) is 3.64. The fourth-order valence-electron chi connectivity index (χ4n) is 3.14. The third kappa shape index (κ3) is 5.68. The smallest absolute Gasteiger partial charge is 0.314 e. The van der Waals surface area contributed by atoms with Gasteiger partial charge in [-0.2, -0.15) is 0 Å². The molecule has 2 N–H and O–H groups in total. The lowest BCUT2D eigenvalue weighted by Crippen LogP contribution is -2.38. The van der Waals surface area contributed by atoms with Crippen LogP contribution in [0.3, 0.4) is 0 Å². The molecule has 4 nitrogen and oxygen atoms in total. The van der Waals surface area contributed by atoms with E-state index >= 15 is 0 Å². The Kier molecular flexibility index (Phi) is 7.23. The van der Waals surface area contributed by atoms with Gasteiger partial charge >= 0.3 is 6.03 Å². The zero-order valence-corrected chi connectivity index (χ0v) is 13.5. The zero-order valence-electron chi connectivity index (χ0n) is 13.5. The van der Waals surface area contributed by atoms with E-state index in [1.54, 1.807) is 7.11 Å². The lowest BCUT2D eigenvalue weighted by Gasteiger charge is -2.17. The molecule has 1 aliphatic carbocycles. The molecule has 0 heterocycles. The van der Waals surface area contributed by atoms with E-state index in [2.05, 4.69) is 10.6 Å². The first kappa shape index (κ1) is 16.8. The monoisotopic (exact) mass is 304 g/mol. The van der Waals surface area contributed by atoms with Crippen molar-refractivity contribution < 1.29 is 9.53 Å². The van der Waals surface area contributed by atoms with Crippen molar-refractivity contribution >= 4 is 6.03 Å². The molecule has 2 amide bonds. The van der Waals surface area contributed by atoms with Crippen molar-refractivity contribution in [3.63, 3.8) is 0 Å². The minimum atomic E-state index is -0.107. The number of methoxy groups -OCH3 is 1. The van der Waals surface area contributed by atoms with E-state index in [1.807, 2.05) is 30.3 Å². The highest BCUT2D eigenvalue weighted by Gasteiger charge is 2.14. The average molecular weight is 304 g/mol. The molecule has 0 bridgehead atoms. The van der Waals surface area contributed by atoms with Crippen molar-refractivity contribution in [2.24, 2.45) is 5.92 Å². The van der Waals surface area contributed by atoms with Crippen LogP contribution in [0, 0.1) is 5.92 Å². The van der Waals surface area contributed by atoms with Crippen molar-refractivity contribution in [2.45, 2.75) is 44.6 Å². The van der Waals surface area contributed by atoms with Gasteiger partial charge in [-0.1, -0.05) is 56.0 Å². The highest BCUT2D eigenvalue weighted by Crippen LogP contribution is 2.28. The number of ether oxygens (including phenoxy) is 1. The topological polar surface area (TPSA) is 50.4 Å². The standard InChI is InChI=1S/C18H28N2O2/c1-22-17(16-11-3-2-4-12-16)14-20-18(21)19-13-7-10-15-8-5-6-9-15/h2-4,11-12,15,17H,5-10,13-14H2,1H3,(H2,19,20,21). The Balaban J connectivity index is 1.60. The van der Waals surface area contributed by atoms with Gasteiger partial charge < -0.3 is 15.4 Å². The van der Waals surface area contributed by atoms with Gasteiger partial charge in [0, 0.05) is 20.2 Å². The summed E-state index contributed by atoms with van der Waals surface area (Å²) in [7, 11) is 1.67. The highest BCUT2D eigenvalue weighted by molar-refractivity contribution is 5.73. The van der Waals surface area contributed by atoms with Gasteiger partial charge in [-0.25, -0.2) is 4.79 Å². The summed E-state index contributed by atoms with van der Waals surface area (Å²) < 4.78 is 5.44. The number of carbonyl (C=O) groups excluding carboxylic acids is 1. The van der Waals surface area contributed by atoms with Crippen LogP contribution in [-0.2, 0) is 4.74 Å². The third-order valence-electron chi connectivity index (χ3n) is 4.45. The van der Waals surface area contributed by atoms with Crippen LogP contribution in [0.5, 0.6) is 0 Å². The van der Waals surface area contributed by atoms with E-state index in [-0.39, 0.29) is 12.1 Å². The van der Waals surface area contributed by atoms with Crippen LogP contribution >= 0.6 is 0 Å². The largest absolute Gasteiger partial charge is 0.375 e. The molecule has 0 saturated heterocycles. The Morgan fingerprint density at radius 3 is 2.64 bits per heavy atom. The molecule has 0 radical (unpaired) electrons. The summed E-state index contributed by atoms with van der Waals surface area (Å²) in [5.74, 6) is 0.890. The van der Waals surface area contributed by atoms with Crippen LogP contribution in [0.15, 0.2) is 30.3 Å². The summed E-state index contributed by atoms with van der Waals surface area (Å²) in [4.78, 5) is 11.8. The second kappa shape index (κ2) is 9.46. The second-order valence-corrected chi connectivity index (χ2v) is 6.06. The zero-order chi connectivity index (χ0) is 15.6. The Hall–Kier alpha value is -1.55. The quantitative estimate of drug-likeness (QED) is 0.720. The third-order valence-corrected chi connectivity index (χ3v) is 4.45. The van der Waals surface area contributed by atoms with E-state index in [0.717, 1.165) is 24.4 Å². The Morgan fingerprint density at radius 2 is 1.95 bits per heavy atom. The molecule has 1 unspecified atom stereocenters. The van der Waals surface area contributed by atoms with Gasteiger partial charge in [0.2, 0.25) is 0 Å². The fourth-order valence-corrected chi connectivity index (χ4v) is 3.14. The van der Waals surface area contributed by atoms with Crippen molar-refractivity contribution in [3.8, 4) is 0 Å². The first-order chi connectivity index (χ1) is 10.8. The predicted molar refractivity (Wildman–Crippen MR) is 88.8 cm³/mol. The van der Waals surface area contributed by atoms with Crippen molar-refractivity contribution in [1.82, 2.24) is 10.6 Å². The normalized spacial score (nSPS) is 16.4. The van der Waals surface area contributed by atoms with Gasteiger partial charge in [0.05, 0.1) is 6.10 Å². The molecule has 1 fully saturated rings. The second-order valence-electron chi connectivity index (χ2n) is 6.06. The van der Waals surface area contributed by atoms with E-state index < -0.39 is 0 Å². The number of amides is 2. The molecule has 2 rings (SSSR count). The average Bonchev–Trinajstić information content (AvgIpc) is 3.06. The first-order valence-corrected chi connectivity index (χ1v) is 8.39. The minimum absolute atomic E-state index is 0.106. The molecule has 0 spiro atoms. The van der Waals surface area contributed by atoms with Crippen LogP contribution in [0.4, 0.5) is 4.79 Å². The molecule has 1 aromatic carbocycles. The number of rotatable bonds is 8. The molecule has 22 heavy (non-hydrogen) atoms.